The van der Waals surface area contributed by atoms with Crippen molar-refractivity contribution in [2.24, 2.45) is 0 Å². The average molecular weight is 379 g/mol. The van der Waals surface area contributed by atoms with E-state index in [9.17, 15) is 4.79 Å². The summed E-state index contributed by atoms with van der Waals surface area (Å²) in [6.45, 7) is 6.93. The molecular formula is C22H25N3O3. The van der Waals surface area contributed by atoms with Crippen LogP contribution in [0.2, 0.25) is 0 Å². The summed E-state index contributed by atoms with van der Waals surface area (Å²) in [6.07, 6.45) is 5.30. The Morgan fingerprint density at radius 1 is 1.07 bits per heavy atom. The fourth-order valence-corrected chi connectivity index (χ4v) is 2.90. The molecule has 0 radical (unpaired) electrons. The molecule has 1 aromatic heterocycles. The van der Waals surface area contributed by atoms with Crippen molar-refractivity contribution in [3.8, 4) is 17.2 Å². The lowest BCUT2D eigenvalue weighted by molar-refractivity contribution is 0.0940. The largest absolute Gasteiger partial charge is 0.490 e. The van der Waals surface area contributed by atoms with Gasteiger partial charge in [-0.15, -0.1) is 0 Å². The highest BCUT2D eigenvalue weighted by molar-refractivity contribution is 5.94. The first-order chi connectivity index (χ1) is 13.6. The molecule has 1 amide bonds. The second-order valence-corrected chi connectivity index (χ2v) is 6.28. The Morgan fingerprint density at radius 3 is 2.43 bits per heavy atom. The van der Waals surface area contributed by atoms with Crippen molar-refractivity contribution >= 4 is 5.91 Å². The van der Waals surface area contributed by atoms with E-state index in [-0.39, 0.29) is 11.9 Å². The van der Waals surface area contributed by atoms with Gasteiger partial charge in [-0.2, -0.15) is 0 Å². The maximum atomic E-state index is 12.6. The van der Waals surface area contributed by atoms with Gasteiger partial charge in [-0.25, -0.2) is 4.98 Å². The van der Waals surface area contributed by atoms with Crippen LogP contribution in [0.1, 0.15) is 42.7 Å². The molecule has 0 aliphatic rings. The molecule has 0 saturated heterocycles. The summed E-state index contributed by atoms with van der Waals surface area (Å²) in [5, 5.41) is 3.03. The van der Waals surface area contributed by atoms with Crippen LogP contribution in [0.15, 0.2) is 61.2 Å². The van der Waals surface area contributed by atoms with E-state index in [0.29, 0.717) is 30.3 Å². The number of hydrogen-bond acceptors (Lipinski definition) is 4. The van der Waals surface area contributed by atoms with Crippen molar-refractivity contribution in [2.75, 3.05) is 13.2 Å². The molecule has 1 heterocycles. The van der Waals surface area contributed by atoms with Crippen LogP contribution >= 0.6 is 0 Å². The summed E-state index contributed by atoms with van der Waals surface area (Å²) in [4.78, 5) is 16.7. The fourth-order valence-electron chi connectivity index (χ4n) is 2.90. The van der Waals surface area contributed by atoms with Crippen LogP contribution in [0.25, 0.3) is 5.69 Å². The number of nitrogens with one attached hydrogen (secondary N) is 1. The van der Waals surface area contributed by atoms with Crippen LogP contribution in [0.4, 0.5) is 0 Å². The van der Waals surface area contributed by atoms with Crippen LogP contribution in [0, 0.1) is 0 Å². The summed E-state index contributed by atoms with van der Waals surface area (Å²) >= 11 is 0. The normalized spacial score (nSPS) is 11.7. The number of benzene rings is 2. The summed E-state index contributed by atoms with van der Waals surface area (Å²) in [5.74, 6) is 1.27. The first-order valence-electron chi connectivity index (χ1n) is 9.41. The smallest absolute Gasteiger partial charge is 0.251 e. The molecule has 3 rings (SSSR count). The molecule has 28 heavy (non-hydrogen) atoms. The first-order valence-corrected chi connectivity index (χ1v) is 9.41. The molecule has 6 heteroatoms. The minimum absolute atomic E-state index is 0.128. The Labute approximate surface area is 165 Å². The molecule has 1 unspecified atom stereocenters. The van der Waals surface area contributed by atoms with Crippen LogP contribution in [-0.2, 0) is 0 Å². The molecule has 0 aliphatic heterocycles. The van der Waals surface area contributed by atoms with Crippen LogP contribution in [0.5, 0.6) is 11.5 Å². The molecule has 3 aromatic rings. The van der Waals surface area contributed by atoms with E-state index in [1.165, 1.54) is 0 Å². The summed E-state index contributed by atoms with van der Waals surface area (Å²) in [7, 11) is 0. The van der Waals surface area contributed by atoms with Gasteiger partial charge in [-0.05, 0) is 62.7 Å². The number of carbonyl (C=O) groups excluding carboxylic acids is 1. The van der Waals surface area contributed by atoms with Gasteiger partial charge in [-0.1, -0.05) is 6.07 Å². The summed E-state index contributed by atoms with van der Waals surface area (Å²) < 4.78 is 13.2. The molecule has 0 aliphatic carbocycles. The molecule has 0 bridgehead atoms. The van der Waals surface area contributed by atoms with E-state index in [1.807, 2.05) is 61.9 Å². The number of aromatic nitrogens is 2. The Balaban J connectivity index is 1.70. The molecule has 1 N–H and O–H groups in total. The van der Waals surface area contributed by atoms with Gasteiger partial charge < -0.3 is 19.4 Å². The number of rotatable bonds is 8. The monoisotopic (exact) mass is 379 g/mol. The Bertz CT molecular complexity index is 905. The molecule has 2 aromatic carbocycles. The molecule has 0 spiro atoms. The topological polar surface area (TPSA) is 65.4 Å². The van der Waals surface area contributed by atoms with Crippen LogP contribution in [-0.4, -0.2) is 28.7 Å². The lowest BCUT2D eigenvalue weighted by atomic mass is 10.1. The van der Waals surface area contributed by atoms with Gasteiger partial charge in [-0.3, -0.25) is 4.79 Å². The Hall–Kier alpha value is -3.28. The number of nitrogens with zero attached hydrogens (tertiary/aromatic N) is 2. The van der Waals surface area contributed by atoms with Crippen molar-refractivity contribution in [3.05, 3.63) is 72.3 Å². The zero-order valence-corrected chi connectivity index (χ0v) is 16.4. The molecular weight excluding hydrogens is 354 g/mol. The minimum Gasteiger partial charge on any atom is -0.490 e. The second-order valence-electron chi connectivity index (χ2n) is 6.28. The summed E-state index contributed by atoms with van der Waals surface area (Å²) in [5.41, 5.74) is 2.51. The molecule has 0 saturated carbocycles. The van der Waals surface area contributed by atoms with E-state index in [1.54, 1.807) is 24.7 Å². The number of hydrogen-bond donors (Lipinski definition) is 1. The third kappa shape index (κ3) is 4.52. The van der Waals surface area contributed by atoms with Crippen LogP contribution in [0.3, 0.4) is 0 Å². The highest BCUT2D eigenvalue weighted by atomic mass is 16.5. The standard InChI is InChI=1S/C22H25N3O3/c1-4-27-20-11-8-18(14-21(20)28-5-2)16(3)24-22(26)17-6-9-19(10-7-17)25-13-12-23-15-25/h6-16H,4-5H2,1-3H3,(H,24,26). The van der Waals surface area contributed by atoms with Crippen molar-refractivity contribution in [1.29, 1.82) is 0 Å². The van der Waals surface area contributed by atoms with Gasteiger partial charge in [0.2, 0.25) is 0 Å². The molecule has 1 atom stereocenters. The predicted octanol–water partition coefficient (Wildman–Crippen LogP) is 4.16. The third-order valence-electron chi connectivity index (χ3n) is 4.35. The minimum atomic E-state index is -0.171. The van der Waals surface area contributed by atoms with Gasteiger partial charge in [0.05, 0.1) is 25.6 Å². The molecule has 0 fully saturated rings. The number of ether oxygens (including phenoxy) is 2. The third-order valence-corrected chi connectivity index (χ3v) is 4.35. The quantitative estimate of drug-likeness (QED) is 0.638. The molecule has 146 valence electrons. The van der Waals surface area contributed by atoms with E-state index < -0.39 is 0 Å². The number of amides is 1. The van der Waals surface area contributed by atoms with Crippen LogP contribution < -0.4 is 14.8 Å². The maximum Gasteiger partial charge on any atom is 0.251 e. The van der Waals surface area contributed by atoms with Gasteiger partial charge in [0.25, 0.3) is 5.91 Å². The van der Waals surface area contributed by atoms with E-state index in [2.05, 4.69) is 10.3 Å². The zero-order chi connectivity index (χ0) is 19.9. The average Bonchev–Trinajstić information content (AvgIpc) is 3.24. The second kappa shape index (κ2) is 9.08. The lowest BCUT2D eigenvalue weighted by Gasteiger charge is -2.17. The lowest BCUT2D eigenvalue weighted by Crippen LogP contribution is -2.26. The van der Waals surface area contributed by atoms with Gasteiger partial charge >= 0.3 is 0 Å². The number of carbonyl (C=O) groups is 1. The predicted molar refractivity (Wildman–Crippen MR) is 108 cm³/mol. The Kier molecular flexibility index (Phi) is 6.32. The van der Waals surface area contributed by atoms with Crippen molar-refractivity contribution in [1.82, 2.24) is 14.9 Å². The van der Waals surface area contributed by atoms with Gasteiger partial charge in [0, 0.05) is 23.6 Å². The Morgan fingerprint density at radius 2 is 1.79 bits per heavy atom. The van der Waals surface area contributed by atoms with E-state index in [4.69, 9.17) is 9.47 Å². The van der Waals surface area contributed by atoms with E-state index >= 15 is 0 Å². The highest BCUT2D eigenvalue weighted by Gasteiger charge is 2.14. The molecule has 6 nitrogen and oxygen atoms in total. The SMILES string of the molecule is CCOc1ccc(C(C)NC(=O)c2ccc(-n3ccnc3)cc2)cc1OCC. The van der Waals surface area contributed by atoms with E-state index in [0.717, 1.165) is 11.3 Å². The van der Waals surface area contributed by atoms with Gasteiger partial charge in [0.1, 0.15) is 0 Å². The fraction of sp³-hybridized carbons (Fsp3) is 0.273. The zero-order valence-electron chi connectivity index (χ0n) is 16.4. The summed E-state index contributed by atoms with van der Waals surface area (Å²) in [6, 6.07) is 13.0. The van der Waals surface area contributed by atoms with Gasteiger partial charge in [0.15, 0.2) is 11.5 Å². The van der Waals surface area contributed by atoms with Crippen molar-refractivity contribution in [2.45, 2.75) is 26.8 Å². The highest BCUT2D eigenvalue weighted by Crippen LogP contribution is 2.30. The maximum absolute atomic E-state index is 12.6. The van der Waals surface area contributed by atoms with Crippen molar-refractivity contribution in [3.63, 3.8) is 0 Å². The first kappa shape index (κ1) is 19.5. The number of imidazole rings is 1. The van der Waals surface area contributed by atoms with Crippen molar-refractivity contribution < 1.29 is 14.3 Å².